The summed E-state index contributed by atoms with van der Waals surface area (Å²) in [6.45, 7) is 4.80. The number of amidine groups is 1. The Morgan fingerprint density at radius 2 is 1.94 bits per heavy atom. The molecule has 0 aromatic heterocycles. The highest BCUT2D eigenvalue weighted by Gasteiger charge is 2.41. The van der Waals surface area contributed by atoms with Crippen LogP contribution in [0.2, 0.25) is 0 Å². The third kappa shape index (κ3) is 4.18. The molecule has 6 heteroatoms. The van der Waals surface area contributed by atoms with E-state index in [0.29, 0.717) is 26.0 Å². The van der Waals surface area contributed by atoms with Gasteiger partial charge in [-0.1, -0.05) is 31.8 Å². The van der Waals surface area contributed by atoms with Gasteiger partial charge in [-0.25, -0.2) is 0 Å². The van der Waals surface area contributed by atoms with E-state index in [2.05, 4.69) is 10.5 Å². The van der Waals surface area contributed by atoms with Gasteiger partial charge in [0.05, 0.1) is 6.61 Å². The first-order valence-electron chi connectivity index (χ1n) is 6.34. The van der Waals surface area contributed by atoms with Crippen LogP contribution in [0.15, 0.2) is 5.16 Å². The standard InChI is InChI=1S/C12H25N3O3/c1-4-6-12(7-5-2,10(13)15-17)11(16)14-8-9-18-3/h17H,4-9H2,1-3H3,(H2,13,15)(H,14,16). The van der Waals surface area contributed by atoms with Crippen LogP contribution in [0.4, 0.5) is 0 Å². The zero-order valence-electron chi connectivity index (χ0n) is 11.5. The number of hydrogen-bond donors (Lipinski definition) is 3. The van der Waals surface area contributed by atoms with Gasteiger partial charge >= 0.3 is 0 Å². The molecule has 18 heavy (non-hydrogen) atoms. The van der Waals surface area contributed by atoms with Crippen molar-refractivity contribution in [1.29, 1.82) is 0 Å². The van der Waals surface area contributed by atoms with Gasteiger partial charge in [0, 0.05) is 13.7 Å². The summed E-state index contributed by atoms with van der Waals surface area (Å²) >= 11 is 0. The quantitative estimate of drug-likeness (QED) is 0.190. The van der Waals surface area contributed by atoms with Gasteiger partial charge in [0.2, 0.25) is 5.91 Å². The fraction of sp³-hybridized carbons (Fsp3) is 0.833. The van der Waals surface area contributed by atoms with Crippen LogP contribution >= 0.6 is 0 Å². The summed E-state index contributed by atoms with van der Waals surface area (Å²) in [5.74, 6) is -0.209. The number of amides is 1. The van der Waals surface area contributed by atoms with Crippen molar-refractivity contribution in [3.05, 3.63) is 0 Å². The number of carbonyl (C=O) groups is 1. The molecule has 0 aromatic carbocycles. The lowest BCUT2D eigenvalue weighted by Gasteiger charge is -2.30. The second kappa shape index (κ2) is 8.74. The van der Waals surface area contributed by atoms with E-state index >= 15 is 0 Å². The maximum absolute atomic E-state index is 12.3. The SMILES string of the molecule is CCCC(CCC)(C(=O)NCCOC)C(N)=NO. The first-order valence-corrected chi connectivity index (χ1v) is 6.34. The summed E-state index contributed by atoms with van der Waals surface area (Å²) in [6, 6.07) is 0. The Morgan fingerprint density at radius 1 is 1.39 bits per heavy atom. The van der Waals surface area contributed by atoms with Gasteiger partial charge < -0.3 is 21.0 Å². The van der Waals surface area contributed by atoms with Crippen LogP contribution in [-0.4, -0.2) is 37.2 Å². The summed E-state index contributed by atoms with van der Waals surface area (Å²) < 4.78 is 4.89. The Bertz CT molecular complexity index is 274. The van der Waals surface area contributed by atoms with E-state index in [1.165, 1.54) is 0 Å². The zero-order valence-corrected chi connectivity index (χ0v) is 11.5. The minimum absolute atomic E-state index is 0.0129. The number of nitrogens with two attached hydrogens (primary N) is 1. The average Bonchev–Trinajstić information content (AvgIpc) is 2.37. The van der Waals surface area contributed by atoms with Crippen molar-refractivity contribution in [2.75, 3.05) is 20.3 Å². The van der Waals surface area contributed by atoms with Crippen molar-refractivity contribution in [3.8, 4) is 0 Å². The van der Waals surface area contributed by atoms with Gasteiger partial charge in [0.15, 0.2) is 5.84 Å². The van der Waals surface area contributed by atoms with E-state index in [-0.39, 0.29) is 11.7 Å². The minimum atomic E-state index is -0.911. The number of nitrogens with one attached hydrogen (secondary N) is 1. The minimum Gasteiger partial charge on any atom is -0.409 e. The Morgan fingerprint density at radius 3 is 2.33 bits per heavy atom. The number of carbonyl (C=O) groups excluding carboxylic acids is 1. The molecular weight excluding hydrogens is 234 g/mol. The molecule has 0 aromatic rings. The number of hydrogen-bond acceptors (Lipinski definition) is 4. The second-order valence-electron chi connectivity index (χ2n) is 4.32. The Balaban J connectivity index is 4.96. The van der Waals surface area contributed by atoms with Crippen molar-refractivity contribution < 1.29 is 14.7 Å². The number of ether oxygens (including phenoxy) is 1. The predicted molar refractivity (Wildman–Crippen MR) is 70.5 cm³/mol. The lowest BCUT2D eigenvalue weighted by atomic mass is 9.77. The summed E-state index contributed by atoms with van der Waals surface area (Å²) in [5.41, 5.74) is 4.83. The van der Waals surface area contributed by atoms with Crippen LogP contribution in [0, 0.1) is 5.41 Å². The Kier molecular flexibility index (Phi) is 8.11. The monoisotopic (exact) mass is 259 g/mol. The normalized spacial score (nSPS) is 12.5. The van der Waals surface area contributed by atoms with Gasteiger partial charge in [-0.3, -0.25) is 4.79 Å². The maximum Gasteiger partial charge on any atom is 0.234 e. The van der Waals surface area contributed by atoms with E-state index in [0.717, 1.165) is 12.8 Å². The summed E-state index contributed by atoms with van der Waals surface area (Å²) in [4.78, 5) is 12.3. The van der Waals surface area contributed by atoms with E-state index in [4.69, 9.17) is 15.7 Å². The number of rotatable bonds is 9. The van der Waals surface area contributed by atoms with Gasteiger partial charge in [-0.2, -0.15) is 0 Å². The Hall–Kier alpha value is -1.30. The first-order chi connectivity index (χ1) is 8.58. The highest BCUT2D eigenvalue weighted by atomic mass is 16.5. The zero-order chi connectivity index (χ0) is 14.0. The van der Waals surface area contributed by atoms with E-state index in [1.54, 1.807) is 7.11 Å². The van der Waals surface area contributed by atoms with Crippen LogP contribution in [-0.2, 0) is 9.53 Å². The largest absolute Gasteiger partial charge is 0.409 e. The van der Waals surface area contributed by atoms with Crippen molar-refractivity contribution >= 4 is 11.7 Å². The van der Waals surface area contributed by atoms with Crippen LogP contribution in [0.5, 0.6) is 0 Å². The average molecular weight is 259 g/mol. The number of oxime groups is 1. The van der Waals surface area contributed by atoms with Gasteiger partial charge in [0.25, 0.3) is 0 Å². The lowest BCUT2D eigenvalue weighted by molar-refractivity contribution is -0.128. The molecule has 1 amide bonds. The second-order valence-corrected chi connectivity index (χ2v) is 4.32. The highest BCUT2D eigenvalue weighted by Crippen LogP contribution is 2.30. The molecule has 0 rings (SSSR count). The molecule has 0 saturated heterocycles. The van der Waals surface area contributed by atoms with Crippen LogP contribution in [0.25, 0.3) is 0 Å². The molecule has 0 spiro atoms. The van der Waals surface area contributed by atoms with Crippen LogP contribution < -0.4 is 11.1 Å². The van der Waals surface area contributed by atoms with E-state index in [1.807, 2.05) is 13.8 Å². The molecule has 4 N–H and O–H groups in total. The van der Waals surface area contributed by atoms with Crippen molar-refractivity contribution in [2.24, 2.45) is 16.3 Å². The molecule has 0 aliphatic rings. The van der Waals surface area contributed by atoms with Crippen molar-refractivity contribution in [3.63, 3.8) is 0 Å². The molecule has 6 nitrogen and oxygen atoms in total. The third-order valence-corrected chi connectivity index (χ3v) is 2.98. The van der Waals surface area contributed by atoms with E-state index < -0.39 is 5.41 Å². The number of nitrogens with zero attached hydrogens (tertiary/aromatic N) is 1. The third-order valence-electron chi connectivity index (χ3n) is 2.98. The molecule has 0 unspecified atom stereocenters. The highest BCUT2D eigenvalue weighted by molar-refractivity contribution is 6.06. The van der Waals surface area contributed by atoms with Crippen molar-refractivity contribution in [2.45, 2.75) is 39.5 Å². The predicted octanol–water partition coefficient (Wildman–Crippen LogP) is 1.08. The van der Waals surface area contributed by atoms with Gasteiger partial charge in [0.1, 0.15) is 5.41 Å². The Labute approximate surface area is 109 Å². The molecule has 0 aliphatic heterocycles. The molecule has 106 valence electrons. The molecule has 0 heterocycles. The molecule has 0 radical (unpaired) electrons. The fourth-order valence-corrected chi connectivity index (χ4v) is 2.11. The first kappa shape index (κ1) is 16.7. The van der Waals surface area contributed by atoms with E-state index in [9.17, 15) is 4.79 Å². The van der Waals surface area contributed by atoms with Gasteiger partial charge in [-0.15, -0.1) is 0 Å². The molecule has 0 saturated carbocycles. The summed E-state index contributed by atoms with van der Waals surface area (Å²) in [7, 11) is 1.57. The smallest absolute Gasteiger partial charge is 0.234 e. The summed E-state index contributed by atoms with van der Waals surface area (Å²) in [5, 5.41) is 14.7. The molecule has 0 fully saturated rings. The van der Waals surface area contributed by atoms with Crippen molar-refractivity contribution in [1.82, 2.24) is 5.32 Å². The molecule has 0 bridgehead atoms. The molecular formula is C12H25N3O3. The maximum atomic E-state index is 12.3. The van der Waals surface area contributed by atoms with Gasteiger partial charge in [-0.05, 0) is 12.8 Å². The topological polar surface area (TPSA) is 96.9 Å². The fourth-order valence-electron chi connectivity index (χ4n) is 2.11. The van der Waals surface area contributed by atoms with Crippen LogP contribution in [0.1, 0.15) is 39.5 Å². The van der Waals surface area contributed by atoms with Crippen LogP contribution in [0.3, 0.4) is 0 Å². The number of methoxy groups -OCH3 is 1. The molecule has 0 atom stereocenters. The molecule has 0 aliphatic carbocycles. The lowest BCUT2D eigenvalue weighted by Crippen LogP contribution is -2.50. The summed E-state index contributed by atoms with van der Waals surface area (Å²) in [6.07, 6.45) is 2.70.